The maximum Gasteiger partial charge on any atom is 0.0577 e. The molecule has 3 fully saturated rings. The number of fused-ring (bicyclic) bond motifs is 5. The fraction of sp³-hybridized carbons (Fsp3) is 0.792. The summed E-state index contributed by atoms with van der Waals surface area (Å²) < 4.78 is 0. The van der Waals surface area contributed by atoms with Crippen LogP contribution in [-0.2, 0) is 0 Å². The Balaban J connectivity index is 1.65. The van der Waals surface area contributed by atoms with E-state index in [1.807, 2.05) is 0 Å². The van der Waals surface area contributed by atoms with E-state index in [0.717, 1.165) is 36.5 Å². The zero-order valence-corrected chi connectivity index (χ0v) is 16.6. The Hall–Kier alpha value is -0.780. The SMILES string of the molecule is CC=C=C(C)C1CCC2C3CC=C4CC(O)CCC4(C)C3CCC12C. The maximum atomic E-state index is 10.1. The van der Waals surface area contributed by atoms with Crippen LogP contribution >= 0.6 is 0 Å². The third-order valence-electron chi connectivity index (χ3n) is 8.97. The number of hydrogen-bond donors (Lipinski definition) is 1. The fourth-order valence-corrected chi connectivity index (χ4v) is 7.68. The summed E-state index contributed by atoms with van der Waals surface area (Å²) in [6, 6.07) is 0. The molecule has 0 aliphatic heterocycles. The van der Waals surface area contributed by atoms with Gasteiger partial charge in [-0.25, -0.2) is 0 Å². The zero-order chi connectivity index (χ0) is 17.8. The third-order valence-corrected chi connectivity index (χ3v) is 8.97. The summed E-state index contributed by atoms with van der Waals surface area (Å²) in [7, 11) is 0. The molecule has 7 atom stereocenters. The molecule has 3 saturated carbocycles. The molecule has 0 radical (unpaired) electrons. The molecule has 0 aromatic carbocycles. The van der Waals surface area contributed by atoms with Crippen molar-refractivity contribution in [3.63, 3.8) is 0 Å². The summed E-state index contributed by atoms with van der Waals surface area (Å²) in [6.45, 7) is 9.54. The minimum Gasteiger partial charge on any atom is -0.393 e. The van der Waals surface area contributed by atoms with Crippen molar-refractivity contribution < 1.29 is 5.11 Å². The van der Waals surface area contributed by atoms with Crippen molar-refractivity contribution in [2.75, 3.05) is 0 Å². The molecule has 0 aromatic rings. The van der Waals surface area contributed by atoms with Crippen molar-refractivity contribution in [2.24, 2.45) is 34.5 Å². The molecule has 0 amide bonds. The molecular formula is C24H36O. The minimum absolute atomic E-state index is 0.0887. The van der Waals surface area contributed by atoms with Gasteiger partial charge in [-0.05, 0) is 111 Å². The van der Waals surface area contributed by atoms with Crippen LogP contribution in [0.2, 0.25) is 0 Å². The highest BCUT2D eigenvalue weighted by atomic mass is 16.3. The molecule has 25 heavy (non-hydrogen) atoms. The van der Waals surface area contributed by atoms with E-state index in [-0.39, 0.29) is 6.10 Å². The second-order valence-corrected chi connectivity index (χ2v) is 9.95. The van der Waals surface area contributed by atoms with Gasteiger partial charge in [0.15, 0.2) is 0 Å². The van der Waals surface area contributed by atoms with E-state index in [9.17, 15) is 5.11 Å². The molecule has 0 spiro atoms. The summed E-state index contributed by atoms with van der Waals surface area (Å²) in [5, 5.41) is 10.1. The first-order valence-corrected chi connectivity index (χ1v) is 10.7. The van der Waals surface area contributed by atoms with Gasteiger partial charge in [-0.3, -0.25) is 0 Å². The van der Waals surface area contributed by atoms with Crippen LogP contribution in [0.1, 0.15) is 79.1 Å². The van der Waals surface area contributed by atoms with Crippen molar-refractivity contribution >= 4 is 0 Å². The van der Waals surface area contributed by atoms with Crippen LogP contribution in [0.3, 0.4) is 0 Å². The van der Waals surface area contributed by atoms with Gasteiger partial charge in [-0.1, -0.05) is 25.5 Å². The lowest BCUT2D eigenvalue weighted by atomic mass is 9.47. The predicted molar refractivity (Wildman–Crippen MR) is 104 cm³/mol. The average molecular weight is 341 g/mol. The molecule has 1 heteroatoms. The lowest BCUT2D eigenvalue weighted by molar-refractivity contribution is -0.0453. The van der Waals surface area contributed by atoms with Gasteiger partial charge in [0.2, 0.25) is 0 Å². The lowest BCUT2D eigenvalue weighted by Gasteiger charge is -2.58. The van der Waals surface area contributed by atoms with E-state index in [2.05, 4.69) is 45.6 Å². The van der Waals surface area contributed by atoms with Gasteiger partial charge < -0.3 is 5.11 Å². The van der Waals surface area contributed by atoms with Gasteiger partial charge in [0.05, 0.1) is 6.10 Å². The van der Waals surface area contributed by atoms with Gasteiger partial charge in [0.1, 0.15) is 0 Å². The Labute approximate surface area is 154 Å². The number of rotatable bonds is 1. The molecule has 7 unspecified atom stereocenters. The highest BCUT2D eigenvalue weighted by Gasteiger charge is 2.58. The van der Waals surface area contributed by atoms with Crippen molar-refractivity contribution in [2.45, 2.75) is 85.2 Å². The van der Waals surface area contributed by atoms with Gasteiger partial charge in [-0.15, -0.1) is 5.73 Å². The standard InChI is InChI=1S/C24H36O/c1-5-6-16(2)20-9-10-21-19-8-7-17-15-18(25)11-13-23(17,3)22(19)12-14-24(20,21)4/h5,7,18-22,25H,8-15H2,1-4H3. The molecule has 4 aliphatic rings. The first-order valence-electron chi connectivity index (χ1n) is 10.7. The number of hydrogen-bond acceptors (Lipinski definition) is 1. The van der Waals surface area contributed by atoms with E-state index in [4.69, 9.17) is 0 Å². The van der Waals surface area contributed by atoms with E-state index in [0.29, 0.717) is 10.8 Å². The summed E-state index contributed by atoms with van der Waals surface area (Å²) in [5.74, 6) is 3.33. The third kappa shape index (κ3) is 2.54. The fourth-order valence-electron chi connectivity index (χ4n) is 7.68. The van der Waals surface area contributed by atoms with Crippen molar-refractivity contribution in [1.29, 1.82) is 0 Å². The number of aliphatic hydroxyl groups is 1. The molecule has 1 nitrogen and oxygen atoms in total. The highest BCUT2D eigenvalue weighted by molar-refractivity contribution is 5.26. The summed E-state index contributed by atoms with van der Waals surface area (Å²) >= 11 is 0. The molecule has 4 rings (SSSR count). The topological polar surface area (TPSA) is 20.2 Å². The van der Waals surface area contributed by atoms with Gasteiger partial charge >= 0.3 is 0 Å². The number of aliphatic hydroxyl groups excluding tert-OH is 1. The highest BCUT2D eigenvalue weighted by Crippen LogP contribution is 2.67. The first kappa shape index (κ1) is 17.6. The lowest BCUT2D eigenvalue weighted by Crippen LogP contribution is -2.50. The minimum atomic E-state index is -0.0887. The van der Waals surface area contributed by atoms with Crippen LogP contribution in [0.15, 0.2) is 29.0 Å². The normalized spacial score (nSPS) is 48.5. The molecule has 0 saturated heterocycles. The number of allylic oxidation sites excluding steroid dienone is 2. The molecule has 138 valence electrons. The smallest absolute Gasteiger partial charge is 0.0577 e. The Bertz CT molecular complexity index is 636. The van der Waals surface area contributed by atoms with Crippen LogP contribution in [0.4, 0.5) is 0 Å². The van der Waals surface area contributed by atoms with Crippen LogP contribution in [0.5, 0.6) is 0 Å². The molecule has 1 N–H and O–H groups in total. The van der Waals surface area contributed by atoms with Gasteiger partial charge in [-0.2, -0.15) is 0 Å². The second kappa shape index (κ2) is 6.14. The Morgan fingerprint density at radius 3 is 2.72 bits per heavy atom. The van der Waals surface area contributed by atoms with E-state index in [1.54, 1.807) is 5.57 Å². The molecule has 0 heterocycles. The van der Waals surface area contributed by atoms with Gasteiger partial charge in [0, 0.05) is 0 Å². The Morgan fingerprint density at radius 1 is 1.16 bits per heavy atom. The van der Waals surface area contributed by atoms with Crippen molar-refractivity contribution in [1.82, 2.24) is 0 Å². The van der Waals surface area contributed by atoms with Crippen molar-refractivity contribution in [3.05, 3.63) is 29.0 Å². The van der Waals surface area contributed by atoms with Crippen molar-refractivity contribution in [3.8, 4) is 0 Å². The second-order valence-electron chi connectivity index (χ2n) is 9.95. The predicted octanol–water partition coefficient (Wildman–Crippen LogP) is 6.05. The summed E-state index contributed by atoms with van der Waals surface area (Å²) in [4.78, 5) is 0. The van der Waals surface area contributed by atoms with Crippen LogP contribution < -0.4 is 0 Å². The Kier molecular flexibility index (Phi) is 4.33. The van der Waals surface area contributed by atoms with E-state index in [1.165, 1.54) is 44.1 Å². The average Bonchev–Trinajstić information content (AvgIpc) is 2.93. The van der Waals surface area contributed by atoms with Gasteiger partial charge in [0.25, 0.3) is 0 Å². The Morgan fingerprint density at radius 2 is 1.96 bits per heavy atom. The summed E-state index contributed by atoms with van der Waals surface area (Å²) in [6.07, 6.45) is 14.5. The van der Waals surface area contributed by atoms with Crippen LogP contribution in [0, 0.1) is 34.5 Å². The quantitative estimate of drug-likeness (QED) is 0.455. The molecular weight excluding hydrogens is 304 g/mol. The molecule has 4 aliphatic carbocycles. The molecule has 0 aromatic heterocycles. The van der Waals surface area contributed by atoms with E-state index < -0.39 is 0 Å². The van der Waals surface area contributed by atoms with E-state index >= 15 is 0 Å². The largest absolute Gasteiger partial charge is 0.393 e. The van der Waals surface area contributed by atoms with Crippen LogP contribution in [0.25, 0.3) is 0 Å². The van der Waals surface area contributed by atoms with Crippen LogP contribution in [-0.4, -0.2) is 11.2 Å². The maximum absolute atomic E-state index is 10.1. The summed E-state index contributed by atoms with van der Waals surface area (Å²) in [5.41, 5.74) is 7.47. The molecule has 0 bridgehead atoms. The zero-order valence-electron chi connectivity index (χ0n) is 16.6. The monoisotopic (exact) mass is 340 g/mol. The first-order chi connectivity index (χ1) is 11.9.